The van der Waals surface area contributed by atoms with E-state index in [2.05, 4.69) is 34.6 Å². The zero-order valence-corrected chi connectivity index (χ0v) is 19.2. The molecule has 3 rings (SSSR count). The average Bonchev–Trinajstić information content (AvgIpc) is 3.03. The summed E-state index contributed by atoms with van der Waals surface area (Å²) in [5, 5.41) is 11.6. The first kappa shape index (κ1) is 22.4. The number of ether oxygens (including phenoxy) is 1. The fourth-order valence-electron chi connectivity index (χ4n) is 4.05. The molecule has 1 aromatic heterocycles. The van der Waals surface area contributed by atoms with Crippen LogP contribution in [0.5, 0.6) is 0 Å². The van der Waals surface area contributed by atoms with Gasteiger partial charge in [0.1, 0.15) is 12.4 Å². The van der Waals surface area contributed by atoms with Crippen molar-refractivity contribution in [2.75, 3.05) is 20.2 Å². The number of aryl methyl sites for hydroxylation is 1. The van der Waals surface area contributed by atoms with Crippen LogP contribution < -0.4 is 10.6 Å². The Bertz CT molecular complexity index is 605. The summed E-state index contributed by atoms with van der Waals surface area (Å²) in [5.74, 6) is 4.30. The van der Waals surface area contributed by atoms with E-state index in [1.807, 2.05) is 4.68 Å². The van der Waals surface area contributed by atoms with Crippen molar-refractivity contribution in [3.8, 4) is 0 Å². The Morgan fingerprint density at radius 1 is 1.30 bits per heavy atom. The lowest BCUT2D eigenvalue weighted by Crippen LogP contribution is -2.47. The topological polar surface area (TPSA) is 76.4 Å². The highest BCUT2D eigenvalue weighted by atomic mass is 127. The number of aliphatic imine (C=N–C) groups is 1. The van der Waals surface area contributed by atoms with Crippen LogP contribution in [0.2, 0.25) is 0 Å². The maximum Gasteiger partial charge on any atom is 0.191 e. The first-order valence-corrected chi connectivity index (χ1v) is 10.2. The minimum absolute atomic E-state index is 0. The number of guanidine groups is 1. The Morgan fingerprint density at radius 2 is 2.11 bits per heavy atom. The molecular weight excluding hydrogens is 455 g/mol. The van der Waals surface area contributed by atoms with Crippen molar-refractivity contribution in [2.45, 2.75) is 71.6 Å². The zero-order chi connectivity index (χ0) is 18.4. The van der Waals surface area contributed by atoms with Crippen LogP contribution in [0.1, 0.15) is 57.6 Å². The minimum atomic E-state index is 0. The molecule has 1 aliphatic carbocycles. The Kier molecular flexibility index (Phi) is 9.28. The second kappa shape index (κ2) is 11.2. The van der Waals surface area contributed by atoms with E-state index in [0.29, 0.717) is 12.6 Å². The van der Waals surface area contributed by atoms with Crippen LogP contribution in [0.25, 0.3) is 0 Å². The van der Waals surface area contributed by atoms with Gasteiger partial charge in [-0.15, -0.1) is 24.0 Å². The summed E-state index contributed by atoms with van der Waals surface area (Å²) < 4.78 is 7.16. The Balaban J connectivity index is 0.00000261. The second-order valence-corrected chi connectivity index (χ2v) is 7.68. The van der Waals surface area contributed by atoms with Gasteiger partial charge >= 0.3 is 0 Å². The molecule has 1 aliphatic heterocycles. The summed E-state index contributed by atoms with van der Waals surface area (Å²) in [5.41, 5.74) is 0. The summed E-state index contributed by atoms with van der Waals surface area (Å²) in [7, 11) is 1.68. The highest BCUT2D eigenvalue weighted by molar-refractivity contribution is 14.0. The number of aromatic nitrogens is 3. The smallest absolute Gasteiger partial charge is 0.191 e. The maximum atomic E-state index is 5.14. The molecule has 0 spiro atoms. The summed E-state index contributed by atoms with van der Waals surface area (Å²) in [4.78, 5) is 9.45. The van der Waals surface area contributed by atoms with E-state index >= 15 is 0 Å². The summed E-state index contributed by atoms with van der Waals surface area (Å²) >= 11 is 0. The molecule has 27 heavy (non-hydrogen) atoms. The van der Waals surface area contributed by atoms with Gasteiger partial charge in [-0.1, -0.05) is 26.2 Å². The first-order chi connectivity index (χ1) is 12.7. The lowest BCUT2D eigenvalue weighted by molar-refractivity contribution is 0.177. The largest absolute Gasteiger partial charge is 0.377 e. The van der Waals surface area contributed by atoms with Gasteiger partial charge in [-0.2, -0.15) is 5.10 Å². The van der Waals surface area contributed by atoms with Gasteiger partial charge in [-0.25, -0.2) is 9.67 Å². The van der Waals surface area contributed by atoms with Crippen molar-refractivity contribution < 1.29 is 4.74 Å². The maximum absolute atomic E-state index is 5.14. The monoisotopic (exact) mass is 490 g/mol. The average molecular weight is 490 g/mol. The molecule has 0 amide bonds. The van der Waals surface area contributed by atoms with Crippen LogP contribution in [0, 0.1) is 11.8 Å². The number of halogens is 1. The van der Waals surface area contributed by atoms with Gasteiger partial charge in [0.05, 0.1) is 6.54 Å². The van der Waals surface area contributed by atoms with Crippen molar-refractivity contribution in [1.82, 2.24) is 25.4 Å². The molecule has 154 valence electrons. The van der Waals surface area contributed by atoms with Crippen molar-refractivity contribution >= 4 is 29.9 Å². The van der Waals surface area contributed by atoms with Gasteiger partial charge < -0.3 is 15.4 Å². The van der Waals surface area contributed by atoms with Gasteiger partial charge in [0, 0.05) is 32.7 Å². The molecular formula is C19H35IN6O. The highest BCUT2D eigenvalue weighted by Gasteiger charge is 2.23. The normalized spacial score (nSPS) is 25.4. The van der Waals surface area contributed by atoms with Crippen LogP contribution >= 0.6 is 24.0 Å². The van der Waals surface area contributed by atoms with Crippen LogP contribution in [-0.4, -0.2) is 47.0 Å². The van der Waals surface area contributed by atoms with Gasteiger partial charge in [0.15, 0.2) is 11.8 Å². The number of hydrogen-bond donors (Lipinski definition) is 2. The number of nitrogens with one attached hydrogen (secondary N) is 2. The summed E-state index contributed by atoms with van der Waals surface area (Å²) in [6.45, 7) is 7.61. The highest BCUT2D eigenvalue weighted by Crippen LogP contribution is 2.29. The number of methoxy groups -OCH3 is 1. The molecule has 0 aromatic carbocycles. The Labute approximate surface area is 180 Å². The van der Waals surface area contributed by atoms with E-state index in [1.165, 1.54) is 25.7 Å². The van der Waals surface area contributed by atoms with E-state index in [0.717, 1.165) is 61.9 Å². The van der Waals surface area contributed by atoms with E-state index in [9.17, 15) is 0 Å². The molecule has 1 aromatic rings. The van der Waals surface area contributed by atoms with Gasteiger partial charge in [-0.05, 0) is 31.6 Å². The number of hydrogen-bond acceptors (Lipinski definition) is 4. The molecule has 7 nitrogen and oxygen atoms in total. The fraction of sp³-hybridized carbons (Fsp3) is 0.842. The molecule has 2 aliphatic rings. The fourth-order valence-corrected chi connectivity index (χ4v) is 4.05. The van der Waals surface area contributed by atoms with E-state index in [-0.39, 0.29) is 24.0 Å². The predicted octanol–water partition coefficient (Wildman–Crippen LogP) is 2.74. The van der Waals surface area contributed by atoms with E-state index in [1.54, 1.807) is 7.11 Å². The molecule has 2 N–H and O–H groups in total. The van der Waals surface area contributed by atoms with E-state index < -0.39 is 0 Å². The SMILES string of the molecule is CCNC(=NCC1CCCCC1C)NC1CCc2nc(COC)nn2C1.I. The lowest BCUT2D eigenvalue weighted by atomic mass is 9.80. The van der Waals surface area contributed by atoms with Crippen molar-refractivity contribution in [2.24, 2.45) is 16.8 Å². The molecule has 8 heteroatoms. The van der Waals surface area contributed by atoms with E-state index in [4.69, 9.17) is 9.73 Å². The minimum Gasteiger partial charge on any atom is -0.377 e. The first-order valence-electron chi connectivity index (χ1n) is 10.2. The van der Waals surface area contributed by atoms with Crippen molar-refractivity contribution in [1.29, 1.82) is 0 Å². The number of rotatable bonds is 6. The molecule has 1 saturated carbocycles. The number of nitrogens with zero attached hydrogens (tertiary/aromatic N) is 4. The lowest BCUT2D eigenvalue weighted by Gasteiger charge is -2.28. The van der Waals surface area contributed by atoms with Crippen molar-refractivity contribution in [3.63, 3.8) is 0 Å². The van der Waals surface area contributed by atoms with Crippen molar-refractivity contribution in [3.05, 3.63) is 11.6 Å². The van der Waals surface area contributed by atoms with Crippen LogP contribution in [0.15, 0.2) is 4.99 Å². The molecule has 0 saturated heterocycles. The van der Waals surface area contributed by atoms with Crippen LogP contribution in [0.3, 0.4) is 0 Å². The third-order valence-corrected chi connectivity index (χ3v) is 5.63. The Hall–Kier alpha value is -0.900. The zero-order valence-electron chi connectivity index (χ0n) is 16.9. The standard InChI is InChI=1S/C19H34N6O.HI/c1-4-20-19(21-11-15-8-6-5-7-14(15)2)22-16-9-10-18-23-17(13-26-3)24-25(18)12-16;/h14-16H,4-13H2,1-3H3,(H2,20,21,22);1H. The number of fused-ring (bicyclic) bond motifs is 1. The quantitative estimate of drug-likeness (QED) is 0.365. The molecule has 0 radical (unpaired) electrons. The third-order valence-electron chi connectivity index (χ3n) is 5.63. The molecule has 3 atom stereocenters. The molecule has 3 unspecified atom stereocenters. The molecule has 2 heterocycles. The van der Waals surface area contributed by atoms with Crippen LogP contribution in [-0.2, 0) is 24.3 Å². The predicted molar refractivity (Wildman–Crippen MR) is 118 cm³/mol. The summed E-state index contributed by atoms with van der Waals surface area (Å²) in [6, 6.07) is 0.334. The molecule has 1 fully saturated rings. The van der Waals surface area contributed by atoms with Gasteiger partial charge in [0.2, 0.25) is 0 Å². The van der Waals surface area contributed by atoms with Crippen LogP contribution in [0.4, 0.5) is 0 Å². The third kappa shape index (κ3) is 6.30. The summed E-state index contributed by atoms with van der Waals surface area (Å²) in [6.07, 6.45) is 7.40. The van der Waals surface area contributed by atoms with Gasteiger partial charge in [-0.3, -0.25) is 4.99 Å². The Morgan fingerprint density at radius 3 is 2.85 bits per heavy atom. The second-order valence-electron chi connectivity index (χ2n) is 7.68. The van der Waals surface area contributed by atoms with Gasteiger partial charge in [0.25, 0.3) is 0 Å². The molecule has 0 bridgehead atoms.